The maximum atomic E-state index is 12.1. The van der Waals surface area contributed by atoms with Gasteiger partial charge >= 0.3 is 6.03 Å². The highest BCUT2D eigenvalue weighted by atomic mass is 16.5. The molecule has 1 saturated heterocycles. The number of hydrogen-bond acceptors (Lipinski definition) is 4. The molecule has 6 nitrogen and oxygen atoms in total. The van der Waals surface area contributed by atoms with E-state index in [1.54, 1.807) is 7.11 Å². The van der Waals surface area contributed by atoms with Gasteiger partial charge in [-0.1, -0.05) is 38.8 Å². The quantitative estimate of drug-likeness (QED) is 0.649. The fraction of sp³-hybridized carbons (Fsp3) is 0.667. The molecule has 1 fully saturated rings. The number of likely N-dealkylation sites (tertiary alicyclic amines) is 1. The number of ether oxygens (including phenoxy) is 2. The highest BCUT2D eigenvalue weighted by Crippen LogP contribution is 2.25. The monoisotopic (exact) mass is 377 g/mol. The Morgan fingerprint density at radius 2 is 1.74 bits per heavy atom. The van der Waals surface area contributed by atoms with E-state index in [0.29, 0.717) is 43.2 Å². The van der Waals surface area contributed by atoms with Gasteiger partial charge in [0.05, 0.1) is 13.7 Å². The standard InChI is InChI=1S/C21H35N3O3/c1-17(2)18(24-13-8-4-5-9-14-24)16-23-21(25)22-12-15-27-20-11-7-6-10-19(20)26-3/h6-7,10-11,17-18H,4-5,8-9,12-16H2,1-3H3,(H2,22,23,25). The van der Waals surface area contributed by atoms with Crippen molar-refractivity contribution >= 4 is 6.03 Å². The number of amides is 2. The van der Waals surface area contributed by atoms with E-state index < -0.39 is 0 Å². The predicted octanol–water partition coefficient (Wildman–Crippen LogP) is 3.27. The van der Waals surface area contributed by atoms with Crippen molar-refractivity contribution in [3.8, 4) is 11.5 Å². The Kier molecular flexibility index (Phi) is 9.25. The van der Waals surface area contributed by atoms with Gasteiger partial charge < -0.3 is 20.1 Å². The summed E-state index contributed by atoms with van der Waals surface area (Å²) in [7, 11) is 1.61. The van der Waals surface area contributed by atoms with Crippen LogP contribution in [0.25, 0.3) is 0 Å². The number of hydrogen-bond donors (Lipinski definition) is 2. The number of para-hydroxylation sites is 2. The molecule has 2 rings (SSSR count). The Morgan fingerprint density at radius 3 is 2.37 bits per heavy atom. The van der Waals surface area contributed by atoms with Crippen LogP contribution in [0.3, 0.4) is 0 Å². The third kappa shape index (κ3) is 7.29. The molecular weight excluding hydrogens is 342 g/mol. The van der Waals surface area contributed by atoms with Crippen molar-refractivity contribution in [2.75, 3.05) is 39.9 Å². The Labute approximate surface area is 163 Å². The summed E-state index contributed by atoms with van der Waals surface area (Å²) in [6, 6.07) is 7.75. The third-order valence-corrected chi connectivity index (χ3v) is 5.07. The first-order chi connectivity index (χ1) is 13.1. The summed E-state index contributed by atoms with van der Waals surface area (Å²) in [5, 5.41) is 5.90. The maximum absolute atomic E-state index is 12.1. The van der Waals surface area contributed by atoms with Crippen LogP contribution in [0.2, 0.25) is 0 Å². The zero-order valence-corrected chi connectivity index (χ0v) is 17.0. The predicted molar refractivity (Wildman–Crippen MR) is 109 cm³/mol. The first kappa shape index (κ1) is 21.4. The van der Waals surface area contributed by atoms with Crippen LogP contribution in [0, 0.1) is 5.92 Å². The largest absolute Gasteiger partial charge is 0.493 e. The number of rotatable bonds is 9. The number of methoxy groups -OCH3 is 1. The molecule has 0 radical (unpaired) electrons. The number of urea groups is 1. The fourth-order valence-electron chi connectivity index (χ4n) is 3.54. The fourth-order valence-corrected chi connectivity index (χ4v) is 3.54. The van der Waals surface area contributed by atoms with E-state index in [9.17, 15) is 4.79 Å². The van der Waals surface area contributed by atoms with E-state index >= 15 is 0 Å². The number of nitrogens with one attached hydrogen (secondary N) is 2. The van der Waals surface area contributed by atoms with Crippen molar-refractivity contribution in [2.45, 2.75) is 45.6 Å². The van der Waals surface area contributed by atoms with Gasteiger partial charge in [-0.25, -0.2) is 4.79 Å². The molecule has 0 saturated carbocycles. The van der Waals surface area contributed by atoms with E-state index in [2.05, 4.69) is 29.4 Å². The zero-order chi connectivity index (χ0) is 19.5. The van der Waals surface area contributed by atoms with Crippen molar-refractivity contribution in [3.05, 3.63) is 24.3 Å². The number of benzene rings is 1. The smallest absolute Gasteiger partial charge is 0.314 e. The first-order valence-corrected chi connectivity index (χ1v) is 10.1. The number of carbonyl (C=O) groups is 1. The summed E-state index contributed by atoms with van der Waals surface area (Å²) in [6.07, 6.45) is 5.16. The minimum atomic E-state index is -0.140. The lowest BCUT2D eigenvalue weighted by molar-refractivity contribution is 0.156. The molecule has 1 aromatic carbocycles. The minimum absolute atomic E-state index is 0.140. The van der Waals surface area contributed by atoms with E-state index in [-0.39, 0.29) is 6.03 Å². The summed E-state index contributed by atoms with van der Waals surface area (Å²) in [4.78, 5) is 14.7. The van der Waals surface area contributed by atoms with Crippen molar-refractivity contribution < 1.29 is 14.3 Å². The molecule has 6 heteroatoms. The Hall–Kier alpha value is -1.95. The second kappa shape index (κ2) is 11.7. The van der Waals surface area contributed by atoms with Gasteiger partial charge in [-0.2, -0.15) is 0 Å². The van der Waals surface area contributed by atoms with Crippen LogP contribution < -0.4 is 20.1 Å². The molecule has 1 aliphatic heterocycles. The SMILES string of the molecule is COc1ccccc1OCCNC(=O)NCC(C(C)C)N1CCCCCC1. The topological polar surface area (TPSA) is 62.8 Å². The normalized spacial score (nSPS) is 16.4. The molecule has 1 aliphatic rings. The number of nitrogens with zero attached hydrogens (tertiary/aromatic N) is 1. The van der Waals surface area contributed by atoms with Crippen LogP contribution >= 0.6 is 0 Å². The van der Waals surface area contributed by atoms with E-state index in [1.807, 2.05) is 24.3 Å². The van der Waals surface area contributed by atoms with Gasteiger partial charge in [0, 0.05) is 12.6 Å². The molecule has 1 unspecified atom stereocenters. The van der Waals surface area contributed by atoms with E-state index in [0.717, 1.165) is 13.1 Å². The second-order valence-electron chi connectivity index (χ2n) is 7.40. The molecule has 2 amide bonds. The number of carbonyl (C=O) groups excluding carboxylic acids is 1. The van der Waals surface area contributed by atoms with Crippen LogP contribution in [-0.4, -0.2) is 56.9 Å². The van der Waals surface area contributed by atoms with Gasteiger partial charge in [-0.15, -0.1) is 0 Å². The van der Waals surface area contributed by atoms with E-state index in [1.165, 1.54) is 25.7 Å². The maximum Gasteiger partial charge on any atom is 0.314 e. The summed E-state index contributed by atoms with van der Waals surface area (Å²) < 4.78 is 10.9. The van der Waals surface area contributed by atoms with Crippen LogP contribution in [0.15, 0.2) is 24.3 Å². The Balaban J connectivity index is 1.69. The molecule has 0 aromatic heterocycles. The van der Waals surface area contributed by atoms with Gasteiger partial charge in [0.25, 0.3) is 0 Å². The molecule has 2 N–H and O–H groups in total. The summed E-state index contributed by atoms with van der Waals surface area (Å²) in [6.45, 7) is 8.26. The average molecular weight is 378 g/mol. The summed E-state index contributed by atoms with van der Waals surface area (Å²) in [5.41, 5.74) is 0. The molecule has 1 heterocycles. The third-order valence-electron chi connectivity index (χ3n) is 5.07. The molecule has 0 spiro atoms. The highest BCUT2D eigenvalue weighted by Gasteiger charge is 2.23. The first-order valence-electron chi connectivity index (χ1n) is 10.1. The van der Waals surface area contributed by atoms with Crippen molar-refractivity contribution in [1.29, 1.82) is 0 Å². The van der Waals surface area contributed by atoms with Crippen molar-refractivity contribution in [1.82, 2.24) is 15.5 Å². The molecule has 1 aromatic rings. The van der Waals surface area contributed by atoms with Gasteiger partial charge in [0.1, 0.15) is 6.61 Å². The van der Waals surface area contributed by atoms with Gasteiger partial charge in [-0.3, -0.25) is 4.90 Å². The van der Waals surface area contributed by atoms with Gasteiger partial charge in [-0.05, 0) is 44.0 Å². The van der Waals surface area contributed by atoms with Crippen molar-refractivity contribution in [3.63, 3.8) is 0 Å². The van der Waals surface area contributed by atoms with Crippen LogP contribution in [-0.2, 0) is 0 Å². The molecule has 0 aliphatic carbocycles. The van der Waals surface area contributed by atoms with Crippen LogP contribution in [0.5, 0.6) is 11.5 Å². The minimum Gasteiger partial charge on any atom is -0.493 e. The van der Waals surface area contributed by atoms with Gasteiger partial charge in [0.2, 0.25) is 0 Å². The Morgan fingerprint density at radius 1 is 1.07 bits per heavy atom. The van der Waals surface area contributed by atoms with Gasteiger partial charge in [0.15, 0.2) is 11.5 Å². The summed E-state index contributed by atoms with van der Waals surface area (Å²) >= 11 is 0. The average Bonchev–Trinajstić information content (AvgIpc) is 2.95. The molecular formula is C21H35N3O3. The molecule has 1 atom stereocenters. The van der Waals surface area contributed by atoms with Crippen LogP contribution in [0.4, 0.5) is 4.79 Å². The molecule has 0 bridgehead atoms. The molecule has 152 valence electrons. The second-order valence-corrected chi connectivity index (χ2v) is 7.40. The lowest BCUT2D eigenvalue weighted by Gasteiger charge is -2.33. The van der Waals surface area contributed by atoms with Crippen LogP contribution in [0.1, 0.15) is 39.5 Å². The lowest BCUT2D eigenvalue weighted by atomic mass is 10.0. The highest BCUT2D eigenvalue weighted by molar-refractivity contribution is 5.73. The Bertz CT molecular complexity index is 557. The molecule has 27 heavy (non-hydrogen) atoms. The lowest BCUT2D eigenvalue weighted by Crippen LogP contribution is -2.49. The van der Waals surface area contributed by atoms with E-state index in [4.69, 9.17) is 9.47 Å². The van der Waals surface area contributed by atoms with Crippen molar-refractivity contribution in [2.24, 2.45) is 5.92 Å². The summed E-state index contributed by atoms with van der Waals surface area (Å²) in [5.74, 6) is 1.89. The zero-order valence-electron chi connectivity index (χ0n) is 17.0.